The summed E-state index contributed by atoms with van der Waals surface area (Å²) < 4.78 is 10.8. The molecule has 1 aliphatic heterocycles. The zero-order valence-electron chi connectivity index (χ0n) is 18.9. The molecule has 0 saturated carbocycles. The second kappa shape index (κ2) is 8.27. The minimum absolute atomic E-state index is 0.205. The summed E-state index contributed by atoms with van der Waals surface area (Å²) in [6, 6.07) is 6.05. The standard InChI is InChI=1S/C17H31NO4.C6H3Cl/c1-9-21-14(20)17(12(2)22-13(3)19)10-15(4,5)18(8)16(6,7)11-17;7-6-3-4-1-2-5(4)6/h12H,9-11H2,1-8H3;1-3H. The molecule has 3 aliphatic rings. The molecule has 0 bridgehead atoms. The fraction of sp³-hybridized carbons (Fsp3) is 0.652. The van der Waals surface area contributed by atoms with Crippen molar-refractivity contribution in [3.05, 3.63) is 33.7 Å². The molecule has 6 heteroatoms. The van der Waals surface area contributed by atoms with Crippen LogP contribution in [0.1, 0.15) is 61.3 Å². The monoisotopic (exact) mass is 423 g/mol. The number of halogens is 1. The number of carbonyl (C=O) groups excluding carboxylic acids is 2. The summed E-state index contributed by atoms with van der Waals surface area (Å²) in [5.74, 6) is -0.635. The van der Waals surface area contributed by atoms with E-state index < -0.39 is 11.5 Å². The van der Waals surface area contributed by atoms with Gasteiger partial charge in [0, 0.05) is 28.2 Å². The highest BCUT2D eigenvalue weighted by molar-refractivity contribution is 6.31. The maximum absolute atomic E-state index is 12.8. The van der Waals surface area contributed by atoms with Crippen molar-refractivity contribution in [1.29, 1.82) is 0 Å². The Balaban J connectivity index is 0.000000351. The summed E-state index contributed by atoms with van der Waals surface area (Å²) in [4.78, 5) is 26.5. The molecule has 1 saturated heterocycles. The van der Waals surface area contributed by atoms with Crippen LogP contribution in [0.2, 0.25) is 5.02 Å². The van der Waals surface area contributed by atoms with E-state index in [0.717, 1.165) is 5.02 Å². The number of benzene rings is 1. The Hall–Kier alpha value is -1.59. The van der Waals surface area contributed by atoms with E-state index in [1.54, 1.807) is 13.8 Å². The molecule has 0 N–H and O–H groups in total. The van der Waals surface area contributed by atoms with Crippen LogP contribution >= 0.6 is 11.6 Å². The molecular formula is C23H34ClNO4. The molecule has 1 unspecified atom stereocenters. The second-order valence-corrected chi connectivity index (χ2v) is 9.77. The molecule has 0 spiro atoms. The first-order valence-electron chi connectivity index (χ1n) is 10.1. The third-order valence-electron chi connectivity index (χ3n) is 6.40. The number of carbonyl (C=O) groups is 2. The molecule has 1 heterocycles. The van der Waals surface area contributed by atoms with E-state index in [9.17, 15) is 9.59 Å². The number of rotatable bonds is 4. The number of likely N-dealkylation sites (tertiary alicyclic amines) is 1. The van der Waals surface area contributed by atoms with Crippen molar-refractivity contribution in [2.45, 2.75) is 78.5 Å². The van der Waals surface area contributed by atoms with Crippen LogP contribution in [0.5, 0.6) is 0 Å². The molecule has 5 nitrogen and oxygen atoms in total. The van der Waals surface area contributed by atoms with E-state index in [1.807, 2.05) is 12.1 Å². The third-order valence-corrected chi connectivity index (χ3v) is 6.71. The van der Waals surface area contributed by atoms with Crippen molar-refractivity contribution in [1.82, 2.24) is 4.90 Å². The Bertz CT molecular complexity index is 859. The Morgan fingerprint density at radius 3 is 2.00 bits per heavy atom. The van der Waals surface area contributed by atoms with Gasteiger partial charge in [-0.25, -0.2) is 0 Å². The molecule has 1 atom stereocenters. The number of hydrogen-bond donors (Lipinski definition) is 0. The zero-order valence-corrected chi connectivity index (χ0v) is 19.6. The van der Waals surface area contributed by atoms with Gasteiger partial charge in [0.2, 0.25) is 0 Å². The second-order valence-electron chi connectivity index (χ2n) is 9.36. The molecule has 0 aromatic carbocycles. The zero-order chi connectivity index (χ0) is 22.2. The van der Waals surface area contributed by atoms with Crippen LogP contribution in [0.4, 0.5) is 0 Å². The van der Waals surface area contributed by atoms with Crippen molar-refractivity contribution in [2.24, 2.45) is 5.41 Å². The van der Waals surface area contributed by atoms with Gasteiger partial charge < -0.3 is 9.47 Å². The predicted molar refractivity (Wildman–Crippen MR) is 115 cm³/mol. The smallest absolute Gasteiger partial charge is 0.315 e. The average Bonchev–Trinajstić information content (AvgIpc) is 2.56. The molecular weight excluding hydrogens is 390 g/mol. The molecule has 162 valence electrons. The van der Waals surface area contributed by atoms with E-state index in [2.05, 4.69) is 45.7 Å². The van der Waals surface area contributed by atoms with Crippen molar-refractivity contribution < 1.29 is 19.1 Å². The van der Waals surface area contributed by atoms with Gasteiger partial charge >= 0.3 is 11.9 Å². The van der Waals surface area contributed by atoms with Crippen LogP contribution in [0, 0.1) is 15.9 Å². The van der Waals surface area contributed by atoms with E-state index >= 15 is 0 Å². The molecule has 0 aromatic heterocycles. The molecule has 0 amide bonds. The average molecular weight is 424 g/mol. The number of esters is 2. The van der Waals surface area contributed by atoms with Crippen molar-refractivity contribution in [3.8, 4) is 0 Å². The number of piperidine rings is 1. The Morgan fingerprint density at radius 2 is 1.72 bits per heavy atom. The van der Waals surface area contributed by atoms with Gasteiger partial charge in [-0.1, -0.05) is 23.7 Å². The lowest BCUT2D eigenvalue weighted by atomic mass is 9.62. The normalized spacial score (nSPS) is 21.3. The number of ether oxygens (including phenoxy) is 2. The Labute approximate surface area is 179 Å². The van der Waals surface area contributed by atoms with Crippen LogP contribution < -0.4 is 0 Å². The van der Waals surface area contributed by atoms with Gasteiger partial charge in [0.15, 0.2) is 0 Å². The van der Waals surface area contributed by atoms with E-state index in [1.165, 1.54) is 17.4 Å². The minimum atomic E-state index is -0.818. The first kappa shape index (κ1) is 23.7. The van der Waals surface area contributed by atoms with Gasteiger partial charge in [0.1, 0.15) is 11.5 Å². The van der Waals surface area contributed by atoms with Crippen molar-refractivity contribution >= 4 is 23.5 Å². The first-order chi connectivity index (χ1) is 13.3. The van der Waals surface area contributed by atoms with Gasteiger partial charge in [-0.15, -0.1) is 0 Å². The minimum Gasteiger partial charge on any atom is -0.465 e. The summed E-state index contributed by atoms with van der Waals surface area (Å²) in [7, 11) is 2.07. The van der Waals surface area contributed by atoms with E-state index in [-0.39, 0.29) is 23.0 Å². The highest BCUT2D eigenvalue weighted by Crippen LogP contribution is 2.50. The summed E-state index contributed by atoms with van der Waals surface area (Å²) in [5.41, 5.74) is -1.23. The van der Waals surface area contributed by atoms with Crippen molar-refractivity contribution in [2.75, 3.05) is 13.7 Å². The van der Waals surface area contributed by atoms with Gasteiger partial charge in [0.25, 0.3) is 0 Å². The third kappa shape index (κ3) is 4.61. The molecule has 1 fully saturated rings. The quantitative estimate of drug-likeness (QED) is 0.666. The lowest BCUT2D eigenvalue weighted by molar-refractivity contribution is -0.189. The van der Waals surface area contributed by atoms with Gasteiger partial charge in [-0.05, 0) is 72.7 Å². The molecule has 0 radical (unpaired) electrons. The lowest BCUT2D eigenvalue weighted by Crippen LogP contribution is -2.66. The van der Waals surface area contributed by atoms with E-state index in [0.29, 0.717) is 19.4 Å². The van der Waals surface area contributed by atoms with Gasteiger partial charge in [-0.3, -0.25) is 14.5 Å². The largest absolute Gasteiger partial charge is 0.465 e. The van der Waals surface area contributed by atoms with Crippen LogP contribution in [-0.4, -0.2) is 47.7 Å². The van der Waals surface area contributed by atoms with Crippen LogP contribution in [0.15, 0.2) is 18.2 Å². The van der Waals surface area contributed by atoms with Gasteiger partial charge in [0.05, 0.1) is 6.61 Å². The summed E-state index contributed by atoms with van der Waals surface area (Å²) in [6.07, 6.45) is 0.664. The maximum atomic E-state index is 12.8. The number of hydrogen-bond acceptors (Lipinski definition) is 5. The van der Waals surface area contributed by atoms with Crippen LogP contribution in [0.3, 0.4) is 0 Å². The molecule has 3 rings (SSSR count). The van der Waals surface area contributed by atoms with Gasteiger partial charge in [-0.2, -0.15) is 0 Å². The topological polar surface area (TPSA) is 55.8 Å². The molecule has 29 heavy (non-hydrogen) atoms. The van der Waals surface area contributed by atoms with Crippen molar-refractivity contribution in [3.63, 3.8) is 0 Å². The lowest BCUT2D eigenvalue weighted by Gasteiger charge is -2.58. The Kier molecular flexibility index (Phi) is 6.75. The van der Waals surface area contributed by atoms with Crippen LogP contribution in [-0.2, 0) is 19.1 Å². The first-order valence-corrected chi connectivity index (χ1v) is 10.5. The SMILES string of the molecule is CCOC(=O)C1(C(C)OC(C)=O)CC(C)(C)N(C)C(C)(C)C1.Clc1cc2ccc1=2. The Morgan fingerprint density at radius 1 is 1.17 bits per heavy atom. The summed E-state index contributed by atoms with van der Waals surface area (Å²) in [6.45, 7) is 13.8. The highest BCUT2D eigenvalue weighted by atomic mass is 35.5. The summed E-state index contributed by atoms with van der Waals surface area (Å²) >= 11 is 5.60. The fourth-order valence-electron chi connectivity index (χ4n) is 4.64. The fourth-order valence-corrected chi connectivity index (χ4v) is 4.93. The highest BCUT2D eigenvalue weighted by Gasteiger charge is 2.58. The molecule has 0 aromatic rings. The predicted octanol–water partition coefficient (Wildman–Crippen LogP) is 4.71. The number of nitrogens with zero attached hydrogens (tertiary/aromatic N) is 1. The summed E-state index contributed by atoms with van der Waals surface area (Å²) in [5, 5.41) is 3.46. The van der Waals surface area contributed by atoms with Crippen LogP contribution in [0.25, 0.3) is 0 Å². The van der Waals surface area contributed by atoms with E-state index in [4.69, 9.17) is 21.1 Å². The molecule has 2 aliphatic carbocycles. The maximum Gasteiger partial charge on any atom is 0.315 e.